The van der Waals surface area contributed by atoms with Gasteiger partial charge in [0.15, 0.2) is 0 Å². The number of allylic oxidation sites excluding steroid dienone is 1. The first-order chi connectivity index (χ1) is 14.0. The van der Waals surface area contributed by atoms with Crippen LogP contribution in [0.5, 0.6) is 0 Å². The molecule has 10 atom stereocenters. The van der Waals surface area contributed by atoms with Gasteiger partial charge >= 0.3 is 0 Å². The first-order valence-electron chi connectivity index (χ1n) is 13.3. The van der Waals surface area contributed by atoms with Gasteiger partial charge in [-0.1, -0.05) is 47.6 Å². The third-order valence-electron chi connectivity index (χ3n) is 13.2. The molecule has 1 N–H and O–H groups in total. The molecule has 1 nitrogen and oxygen atoms in total. The zero-order chi connectivity index (χ0) is 21.7. The predicted octanol–water partition coefficient (Wildman–Crippen LogP) is 7.63. The Balaban J connectivity index is 1.55. The van der Waals surface area contributed by atoms with Gasteiger partial charge in [0.2, 0.25) is 0 Å². The van der Waals surface area contributed by atoms with Crippen molar-refractivity contribution in [2.45, 2.75) is 112 Å². The number of aliphatic hydroxyl groups excluding tert-OH is 1. The van der Waals surface area contributed by atoms with E-state index in [1.54, 1.807) is 0 Å². The van der Waals surface area contributed by atoms with E-state index in [2.05, 4.69) is 54.2 Å². The number of fused-ring (bicyclic) bond motifs is 7. The van der Waals surface area contributed by atoms with Crippen LogP contribution in [0.25, 0.3) is 0 Å². The summed E-state index contributed by atoms with van der Waals surface area (Å²) in [6.07, 6.45) is 15.7. The fourth-order valence-corrected chi connectivity index (χ4v) is 11.3. The summed E-state index contributed by atoms with van der Waals surface area (Å²) >= 11 is 0. The van der Waals surface area contributed by atoms with Crippen LogP contribution in [0.1, 0.15) is 106 Å². The topological polar surface area (TPSA) is 20.2 Å². The van der Waals surface area contributed by atoms with Gasteiger partial charge in [-0.2, -0.15) is 0 Å². The van der Waals surface area contributed by atoms with Crippen LogP contribution in [-0.4, -0.2) is 11.2 Å². The fraction of sp³-hybridized carbons (Fsp3) is 0.931. The largest absolute Gasteiger partial charge is 0.393 e. The Morgan fingerprint density at radius 2 is 1.50 bits per heavy atom. The molecule has 5 rings (SSSR count). The molecule has 30 heavy (non-hydrogen) atoms. The van der Waals surface area contributed by atoms with Crippen molar-refractivity contribution in [2.24, 2.45) is 56.7 Å². The molecule has 0 aromatic rings. The molecule has 170 valence electrons. The van der Waals surface area contributed by atoms with Crippen molar-refractivity contribution in [3.05, 3.63) is 12.7 Å². The number of rotatable bonds is 1. The average molecular weight is 413 g/mol. The molecule has 0 aromatic heterocycles. The van der Waals surface area contributed by atoms with Crippen LogP contribution < -0.4 is 0 Å². The molecular weight excluding hydrogens is 364 g/mol. The zero-order valence-corrected chi connectivity index (χ0v) is 20.8. The maximum absolute atomic E-state index is 10.9. The molecule has 0 bridgehead atoms. The Bertz CT molecular complexity index is 724. The van der Waals surface area contributed by atoms with E-state index >= 15 is 0 Å². The van der Waals surface area contributed by atoms with Crippen molar-refractivity contribution in [3.63, 3.8) is 0 Å². The second-order valence-electron chi connectivity index (χ2n) is 14.0. The van der Waals surface area contributed by atoms with E-state index in [0.29, 0.717) is 27.6 Å². The fourth-order valence-electron chi connectivity index (χ4n) is 11.3. The van der Waals surface area contributed by atoms with Crippen LogP contribution in [0.15, 0.2) is 12.7 Å². The Morgan fingerprint density at radius 3 is 2.20 bits per heavy atom. The molecule has 0 aromatic carbocycles. The van der Waals surface area contributed by atoms with Crippen LogP contribution in [0.3, 0.4) is 0 Å². The first kappa shape index (κ1) is 21.5. The summed E-state index contributed by atoms with van der Waals surface area (Å²) in [5.74, 6) is 4.11. The summed E-state index contributed by atoms with van der Waals surface area (Å²) in [5, 5.41) is 10.9. The van der Waals surface area contributed by atoms with Crippen LogP contribution in [0, 0.1) is 56.7 Å². The number of hydrogen-bond donors (Lipinski definition) is 1. The smallest absolute Gasteiger partial charge is 0.0594 e. The van der Waals surface area contributed by atoms with Crippen LogP contribution in [0.4, 0.5) is 0 Å². The molecule has 0 heterocycles. The molecular formula is C29H48O. The highest BCUT2D eigenvalue weighted by molar-refractivity contribution is 5.21. The normalized spacial score (nSPS) is 59.4. The molecule has 0 aliphatic heterocycles. The van der Waals surface area contributed by atoms with Crippen molar-refractivity contribution in [3.8, 4) is 0 Å². The molecule has 5 aliphatic rings. The summed E-state index contributed by atoms with van der Waals surface area (Å²) in [4.78, 5) is 0. The van der Waals surface area contributed by atoms with Gasteiger partial charge in [-0.15, -0.1) is 6.58 Å². The van der Waals surface area contributed by atoms with Gasteiger partial charge in [-0.3, -0.25) is 0 Å². The molecule has 0 saturated heterocycles. The van der Waals surface area contributed by atoms with Gasteiger partial charge < -0.3 is 5.11 Å². The molecule has 5 aliphatic carbocycles. The predicted molar refractivity (Wildman–Crippen MR) is 126 cm³/mol. The van der Waals surface area contributed by atoms with Crippen LogP contribution in [-0.2, 0) is 0 Å². The maximum Gasteiger partial charge on any atom is 0.0594 e. The lowest BCUT2D eigenvalue weighted by Gasteiger charge is -2.72. The monoisotopic (exact) mass is 412 g/mol. The summed E-state index contributed by atoms with van der Waals surface area (Å²) in [7, 11) is 0. The molecule has 0 unspecified atom stereocenters. The minimum Gasteiger partial charge on any atom is -0.393 e. The molecule has 1 heteroatoms. The minimum atomic E-state index is -0.117. The summed E-state index contributed by atoms with van der Waals surface area (Å²) < 4.78 is 0. The summed E-state index contributed by atoms with van der Waals surface area (Å²) in [5.41, 5.74) is 1.83. The van der Waals surface area contributed by atoms with Crippen molar-refractivity contribution >= 4 is 0 Å². The number of hydrogen-bond acceptors (Lipinski definition) is 1. The summed E-state index contributed by atoms with van der Waals surface area (Å²) in [6.45, 7) is 19.8. The van der Waals surface area contributed by atoms with Crippen molar-refractivity contribution in [1.82, 2.24) is 0 Å². The maximum atomic E-state index is 10.9. The van der Waals surface area contributed by atoms with E-state index in [4.69, 9.17) is 0 Å². The molecule has 0 spiro atoms. The highest BCUT2D eigenvalue weighted by Gasteiger charge is 2.70. The summed E-state index contributed by atoms with van der Waals surface area (Å²) in [6, 6.07) is 0. The third-order valence-corrected chi connectivity index (χ3v) is 13.2. The quantitative estimate of drug-likeness (QED) is 0.439. The zero-order valence-electron chi connectivity index (χ0n) is 20.8. The second-order valence-corrected chi connectivity index (χ2v) is 14.0. The van der Waals surface area contributed by atoms with E-state index in [-0.39, 0.29) is 11.5 Å². The van der Waals surface area contributed by atoms with Gasteiger partial charge in [0.25, 0.3) is 0 Å². The van der Waals surface area contributed by atoms with Crippen LogP contribution >= 0.6 is 0 Å². The van der Waals surface area contributed by atoms with Gasteiger partial charge in [0, 0.05) is 0 Å². The third kappa shape index (κ3) is 2.35. The Hall–Kier alpha value is -0.300. The Kier molecular flexibility index (Phi) is 4.59. The van der Waals surface area contributed by atoms with Gasteiger partial charge in [-0.25, -0.2) is 0 Å². The number of aliphatic hydroxyl groups is 1. The first-order valence-corrected chi connectivity index (χ1v) is 13.3. The molecule has 0 radical (unpaired) electrons. The van der Waals surface area contributed by atoms with Crippen molar-refractivity contribution in [1.29, 1.82) is 0 Å². The molecule has 5 fully saturated rings. The van der Waals surface area contributed by atoms with E-state index < -0.39 is 0 Å². The molecule has 0 amide bonds. The Morgan fingerprint density at radius 1 is 0.767 bits per heavy atom. The minimum absolute atomic E-state index is 0.0661. The average Bonchev–Trinajstić information content (AvgIpc) is 3.03. The van der Waals surface area contributed by atoms with E-state index in [0.717, 1.165) is 30.1 Å². The van der Waals surface area contributed by atoms with E-state index in [9.17, 15) is 5.11 Å². The van der Waals surface area contributed by atoms with Gasteiger partial charge in [0.05, 0.1) is 6.10 Å². The molecule has 5 saturated carbocycles. The van der Waals surface area contributed by atoms with Crippen molar-refractivity contribution in [2.75, 3.05) is 0 Å². The van der Waals surface area contributed by atoms with E-state index in [1.807, 2.05) is 0 Å². The van der Waals surface area contributed by atoms with Gasteiger partial charge in [0.1, 0.15) is 0 Å². The van der Waals surface area contributed by atoms with Crippen molar-refractivity contribution < 1.29 is 5.11 Å². The highest BCUT2D eigenvalue weighted by Crippen LogP contribution is 2.77. The lowest BCUT2D eigenvalue weighted by molar-refractivity contribution is -0.245. The van der Waals surface area contributed by atoms with Crippen LogP contribution in [0.2, 0.25) is 0 Å². The highest BCUT2D eigenvalue weighted by atomic mass is 16.3. The SMILES string of the molecule is C=C[C@]12CC[C@@H](C)[C@@H]1[C@H]1CC[C@@H]3[C@@]4(C)CC[C@H](O)C(C)(C)[C@@H]4CC[C@@]3(C)[C@]1(C)CC2. The standard InChI is InChI=1S/C29H48O/c1-8-29-16-11-19(2)24(29)20-9-10-22-26(5)14-13-23(30)25(3,4)21(26)12-15-28(22,7)27(20,6)17-18-29/h8,19-24,30H,1,9-18H2,2-7H3/t19-,20-,21+,22-,23+,24-,26+,27-,28-,29-/m1/s1. The van der Waals surface area contributed by atoms with E-state index in [1.165, 1.54) is 57.8 Å². The second kappa shape index (κ2) is 6.39. The van der Waals surface area contributed by atoms with Gasteiger partial charge in [-0.05, 0) is 121 Å². The lowest BCUT2D eigenvalue weighted by atomic mass is 9.32. The lowest BCUT2D eigenvalue weighted by Crippen LogP contribution is -2.66. The Labute approximate surface area is 186 Å².